The van der Waals surface area contributed by atoms with E-state index in [-0.39, 0.29) is 31.1 Å². The van der Waals surface area contributed by atoms with Gasteiger partial charge in [-0.2, -0.15) is 0 Å². The van der Waals surface area contributed by atoms with Gasteiger partial charge in [-0.3, -0.25) is 14.4 Å². The van der Waals surface area contributed by atoms with Crippen LogP contribution in [0.3, 0.4) is 0 Å². The molecule has 0 aromatic carbocycles. The minimum atomic E-state index is -0.769. The van der Waals surface area contributed by atoms with Crippen LogP contribution < -0.4 is 0 Å². The summed E-state index contributed by atoms with van der Waals surface area (Å²) >= 11 is 0. The van der Waals surface area contributed by atoms with Crippen LogP contribution in [0.2, 0.25) is 0 Å². The fourth-order valence-corrected chi connectivity index (χ4v) is 10.3. The number of esters is 3. The molecule has 0 fully saturated rings. The van der Waals surface area contributed by atoms with Gasteiger partial charge >= 0.3 is 17.9 Å². The highest BCUT2D eigenvalue weighted by Crippen LogP contribution is 2.19. The number of carbonyl (C=O) groups is 3. The molecule has 0 amide bonds. The smallest absolute Gasteiger partial charge is 0.306 e. The molecule has 1 atom stereocenters. The lowest BCUT2D eigenvalue weighted by atomic mass is 10.0. The molecule has 0 aliphatic carbocycles. The Bertz CT molecular complexity index is 1130. The molecule has 0 bridgehead atoms. The molecule has 0 aliphatic heterocycles. The zero-order chi connectivity index (χ0) is 52.9. The summed E-state index contributed by atoms with van der Waals surface area (Å²) in [4.78, 5) is 38.1. The van der Waals surface area contributed by atoms with Crippen LogP contribution in [-0.2, 0) is 28.6 Å². The van der Waals surface area contributed by atoms with Crippen molar-refractivity contribution in [1.29, 1.82) is 0 Å². The number of carbonyl (C=O) groups excluding carboxylic acids is 3. The van der Waals surface area contributed by atoms with Crippen LogP contribution in [0, 0.1) is 0 Å². The van der Waals surface area contributed by atoms with Crippen molar-refractivity contribution in [3.8, 4) is 0 Å². The SMILES string of the molecule is CCCCCCCC/C=C\CCCCCCCC(=O)OC(COC(=O)CCCCCCCCCCC)COC(=O)CCCCCCCCCCCCCCCCCCCCCCCCCCCCCCCCC. The molecule has 0 spiro atoms. The van der Waals surface area contributed by atoms with Crippen molar-refractivity contribution in [3.63, 3.8) is 0 Å². The standard InChI is InChI=1S/C67H128O6/c1-4-7-10-13-16-19-21-23-25-26-27-28-29-30-31-32-33-34-35-36-37-38-39-40-42-43-45-48-51-54-57-60-66(69)72-63-64(62-71-65(68)59-56-53-50-47-18-15-12-9-6-3)73-67(70)61-58-55-52-49-46-44-41-24-22-20-17-14-11-8-5-2/h24,41,64H,4-23,25-40,42-63H2,1-3H3/b41-24-. The van der Waals surface area contributed by atoms with Crippen molar-refractivity contribution in [1.82, 2.24) is 0 Å². The first kappa shape index (κ1) is 71.2. The summed E-state index contributed by atoms with van der Waals surface area (Å²) in [5, 5.41) is 0. The second kappa shape index (κ2) is 62.7. The molecule has 0 aromatic rings. The van der Waals surface area contributed by atoms with Crippen LogP contribution in [0.25, 0.3) is 0 Å². The maximum atomic E-state index is 12.8. The summed E-state index contributed by atoms with van der Waals surface area (Å²) < 4.78 is 16.9. The second-order valence-corrected chi connectivity index (χ2v) is 22.7. The number of hydrogen-bond donors (Lipinski definition) is 0. The molecule has 0 rings (SSSR count). The van der Waals surface area contributed by atoms with Crippen molar-refractivity contribution >= 4 is 17.9 Å². The van der Waals surface area contributed by atoms with Crippen LogP contribution in [-0.4, -0.2) is 37.2 Å². The van der Waals surface area contributed by atoms with Gasteiger partial charge in [0.2, 0.25) is 0 Å². The summed E-state index contributed by atoms with van der Waals surface area (Å²) in [7, 11) is 0. The highest BCUT2D eigenvalue weighted by atomic mass is 16.6. The monoisotopic (exact) mass is 1030 g/mol. The van der Waals surface area contributed by atoms with E-state index in [2.05, 4.69) is 32.9 Å². The Morgan fingerprint density at radius 3 is 0.685 bits per heavy atom. The van der Waals surface area contributed by atoms with Crippen LogP contribution >= 0.6 is 0 Å². The normalized spacial score (nSPS) is 12.0. The van der Waals surface area contributed by atoms with Gasteiger partial charge < -0.3 is 14.2 Å². The summed E-state index contributed by atoms with van der Waals surface area (Å²) in [6.07, 6.45) is 74.0. The maximum Gasteiger partial charge on any atom is 0.306 e. The molecule has 0 heterocycles. The Morgan fingerprint density at radius 2 is 0.452 bits per heavy atom. The van der Waals surface area contributed by atoms with Gasteiger partial charge in [-0.25, -0.2) is 0 Å². The third kappa shape index (κ3) is 60.9. The zero-order valence-electron chi connectivity index (χ0n) is 49.7. The summed E-state index contributed by atoms with van der Waals surface area (Å²) in [6, 6.07) is 0. The lowest BCUT2D eigenvalue weighted by Gasteiger charge is -2.18. The second-order valence-electron chi connectivity index (χ2n) is 22.7. The van der Waals surface area contributed by atoms with Crippen molar-refractivity contribution in [2.75, 3.05) is 13.2 Å². The van der Waals surface area contributed by atoms with Crippen molar-refractivity contribution < 1.29 is 28.6 Å². The van der Waals surface area contributed by atoms with Crippen molar-refractivity contribution in [2.24, 2.45) is 0 Å². The van der Waals surface area contributed by atoms with Gasteiger partial charge in [-0.1, -0.05) is 328 Å². The number of rotatable bonds is 62. The third-order valence-corrected chi connectivity index (χ3v) is 15.3. The quantitative estimate of drug-likeness (QED) is 0.0261. The average Bonchev–Trinajstić information content (AvgIpc) is 3.39. The first-order valence-electron chi connectivity index (χ1n) is 33.2. The summed E-state index contributed by atoms with van der Waals surface area (Å²) in [5.74, 6) is -0.853. The van der Waals surface area contributed by atoms with E-state index < -0.39 is 6.10 Å². The fourth-order valence-electron chi connectivity index (χ4n) is 10.3. The van der Waals surface area contributed by atoms with Gasteiger partial charge in [0, 0.05) is 19.3 Å². The Labute approximate surface area is 456 Å². The Morgan fingerprint density at radius 1 is 0.260 bits per heavy atom. The van der Waals surface area contributed by atoms with Crippen LogP contribution in [0.15, 0.2) is 12.2 Å². The summed E-state index contributed by atoms with van der Waals surface area (Å²) in [6.45, 7) is 6.67. The Kier molecular flexibility index (Phi) is 61.1. The van der Waals surface area contributed by atoms with Crippen molar-refractivity contribution in [2.45, 2.75) is 386 Å². The molecule has 1 unspecified atom stereocenters. The molecule has 0 N–H and O–H groups in total. The molecule has 0 saturated carbocycles. The first-order valence-corrected chi connectivity index (χ1v) is 33.2. The van der Waals surface area contributed by atoms with Gasteiger partial charge in [-0.05, 0) is 44.9 Å². The van der Waals surface area contributed by atoms with Gasteiger partial charge in [0.25, 0.3) is 0 Å². The zero-order valence-corrected chi connectivity index (χ0v) is 49.7. The van der Waals surface area contributed by atoms with E-state index in [0.29, 0.717) is 19.3 Å². The lowest BCUT2D eigenvalue weighted by Crippen LogP contribution is -2.30. The number of hydrogen-bond acceptors (Lipinski definition) is 6. The minimum absolute atomic E-state index is 0.0676. The molecule has 432 valence electrons. The largest absolute Gasteiger partial charge is 0.462 e. The van der Waals surface area contributed by atoms with E-state index in [0.717, 1.165) is 64.2 Å². The highest BCUT2D eigenvalue weighted by Gasteiger charge is 2.19. The molecule has 0 aliphatic rings. The number of ether oxygens (including phenoxy) is 3. The van der Waals surface area contributed by atoms with E-state index >= 15 is 0 Å². The summed E-state index contributed by atoms with van der Waals surface area (Å²) in [5.41, 5.74) is 0. The lowest BCUT2D eigenvalue weighted by molar-refractivity contribution is -0.167. The molecular weight excluding hydrogens is 901 g/mol. The van der Waals surface area contributed by atoms with Crippen LogP contribution in [0.1, 0.15) is 380 Å². The van der Waals surface area contributed by atoms with E-state index in [1.165, 1.54) is 276 Å². The molecule has 73 heavy (non-hydrogen) atoms. The molecule has 6 nitrogen and oxygen atoms in total. The number of unbranched alkanes of at least 4 members (excludes halogenated alkanes) is 49. The maximum absolute atomic E-state index is 12.8. The van der Waals surface area contributed by atoms with Gasteiger partial charge in [0.15, 0.2) is 6.10 Å². The van der Waals surface area contributed by atoms with E-state index in [1.54, 1.807) is 0 Å². The molecule has 0 aromatic heterocycles. The van der Waals surface area contributed by atoms with E-state index in [4.69, 9.17) is 14.2 Å². The Hall–Kier alpha value is -1.85. The number of allylic oxidation sites excluding steroid dienone is 2. The molecule has 0 radical (unpaired) electrons. The van der Waals surface area contributed by atoms with E-state index in [9.17, 15) is 14.4 Å². The van der Waals surface area contributed by atoms with Crippen LogP contribution in [0.5, 0.6) is 0 Å². The first-order chi connectivity index (χ1) is 36.0. The van der Waals surface area contributed by atoms with Gasteiger partial charge in [0.1, 0.15) is 13.2 Å². The predicted molar refractivity (Wildman–Crippen MR) is 317 cm³/mol. The molecular formula is C67H128O6. The van der Waals surface area contributed by atoms with Crippen molar-refractivity contribution in [3.05, 3.63) is 12.2 Å². The Balaban J connectivity index is 4.01. The molecule has 6 heteroatoms. The van der Waals surface area contributed by atoms with E-state index in [1.807, 2.05) is 0 Å². The van der Waals surface area contributed by atoms with Gasteiger partial charge in [-0.15, -0.1) is 0 Å². The predicted octanol–water partition coefficient (Wildman–Crippen LogP) is 22.4. The van der Waals surface area contributed by atoms with Gasteiger partial charge in [0.05, 0.1) is 0 Å². The topological polar surface area (TPSA) is 78.9 Å². The highest BCUT2D eigenvalue weighted by molar-refractivity contribution is 5.71. The third-order valence-electron chi connectivity index (χ3n) is 15.3. The fraction of sp³-hybridized carbons (Fsp3) is 0.925. The minimum Gasteiger partial charge on any atom is -0.462 e. The van der Waals surface area contributed by atoms with Crippen LogP contribution in [0.4, 0.5) is 0 Å². The average molecular weight is 1030 g/mol. The molecule has 0 saturated heterocycles.